The molecular weight excluding hydrogens is 464 g/mol. The Bertz CT molecular complexity index is 978. The van der Waals surface area contributed by atoms with Crippen LogP contribution in [0.4, 0.5) is 22.7 Å². The van der Waals surface area contributed by atoms with Gasteiger partial charge in [0.05, 0.1) is 46.1 Å². The molecule has 0 spiro atoms. The first kappa shape index (κ1) is 25.8. The van der Waals surface area contributed by atoms with Crippen molar-refractivity contribution in [1.82, 2.24) is 0 Å². The molecule has 2 aromatic carbocycles. The minimum absolute atomic E-state index is 0.0135. The van der Waals surface area contributed by atoms with Gasteiger partial charge in [-0.15, -0.1) is 0 Å². The first-order valence-corrected chi connectivity index (χ1v) is 9.48. The molecule has 182 valence electrons. The van der Waals surface area contributed by atoms with Crippen molar-refractivity contribution in [2.45, 2.75) is 0 Å². The second-order valence-corrected chi connectivity index (χ2v) is 6.20. The Hall–Kier alpha value is -4.44. The van der Waals surface area contributed by atoms with Crippen LogP contribution in [0.5, 0.6) is 11.5 Å². The van der Waals surface area contributed by atoms with Gasteiger partial charge in [0.25, 0.3) is 0 Å². The van der Waals surface area contributed by atoms with Gasteiger partial charge in [-0.1, -0.05) is 12.1 Å². The van der Waals surface area contributed by atoms with Crippen molar-refractivity contribution >= 4 is 22.7 Å². The third-order valence-corrected chi connectivity index (χ3v) is 4.06. The van der Waals surface area contributed by atoms with Crippen molar-refractivity contribution in [3.63, 3.8) is 0 Å². The fraction of sp³-hybridized carbons (Fsp3) is 0.333. The molecule has 0 saturated heterocycles. The molecule has 0 aliphatic carbocycles. The first-order valence-electron chi connectivity index (χ1n) is 9.48. The number of para-hydroxylation sites is 2. The van der Waals surface area contributed by atoms with Crippen LogP contribution < -0.4 is 9.47 Å². The minimum atomic E-state index is -0.896. The number of rotatable bonds is 15. The summed E-state index contributed by atoms with van der Waals surface area (Å²) in [5, 5.41) is 44.0. The van der Waals surface area contributed by atoms with Crippen molar-refractivity contribution in [1.29, 1.82) is 0 Å². The fourth-order valence-corrected chi connectivity index (χ4v) is 2.66. The van der Waals surface area contributed by atoms with Crippen LogP contribution in [0.15, 0.2) is 36.4 Å². The van der Waals surface area contributed by atoms with Gasteiger partial charge in [-0.25, -0.2) is 0 Å². The topological polar surface area (TPSA) is 209 Å². The number of hydrogen-bond acceptors (Lipinski definition) is 12. The zero-order chi connectivity index (χ0) is 25.1. The van der Waals surface area contributed by atoms with Crippen LogP contribution in [0.1, 0.15) is 0 Å². The summed E-state index contributed by atoms with van der Waals surface area (Å²) >= 11 is 0. The average molecular weight is 482 g/mol. The molecule has 0 atom stereocenters. The maximum Gasteiger partial charge on any atom is 0.387 e. The Morgan fingerprint density at radius 3 is 1.21 bits per heavy atom. The molecule has 16 heteroatoms. The predicted octanol–water partition coefficient (Wildman–Crippen LogP) is 2.81. The van der Waals surface area contributed by atoms with Crippen molar-refractivity contribution in [2.75, 3.05) is 39.6 Å². The second kappa shape index (κ2) is 12.6. The molecule has 0 N–H and O–H groups in total. The zero-order valence-electron chi connectivity index (χ0n) is 17.4. The van der Waals surface area contributed by atoms with E-state index in [9.17, 15) is 40.5 Å². The quantitative estimate of drug-likeness (QED) is 0.204. The van der Waals surface area contributed by atoms with Gasteiger partial charge < -0.3 is 18.9 Å². The maximum atomic E-state index is 11.1. The third kappa shape index (κ3) is 7.04. The van der Waals surface area contributed by atoms with Crippen LogP contribution in [0.25, 0.3) is 0 Å². The lowest BCUT2D eigenvalue weighted by Gasteiger charge is -2.09. The lowest BCUT2D eigenvalue weighted by Crippen LogP contribution is -2.14. The molecule has 0 bridgehead atoms. The standard InChI is InChI=1S/C18H18N4O12/c23-19(24)13-3-1-5-15(17(13)21(27)28)33-11-9-31-7-8-32-10-12-34-16-6-2-4-14(20(25)26)18(16)22(29)30/h1-6H,7-12H2. The summed E-state index contributed by atoms with van der Waals surface area (Å²) in [5.74, 6) is -0.516. The van der Waals surface area contributed by atoms with Crippen molar-refractivity contribution < 1.29 is 38.6 Å². The van der Waals surface area contributed by atoms with E-state index in [0.717, 1.165) is 12.1 Å². The maximum absolute atomic E-state index is 11.1. The smallest absolute Gasteiger partial charge is 0.387 e. The lowest BCUT2D eigenvalue weighted by molar-refractivity contribution is -0.423. The molecular formula is C18H18N4O12. The van der Waals surface area contributed by atoms with E-state index >= 15 is 0 Å². The van der Waals surface area contributed by atoms with Gasteiger partial charge in [0.15, 0.2) is 0 Å². The summed E-state index contributed by atoms with van der Waals surface area (Å²) in [6.45, 7) is 0.0248. The molecule has 0 aromatic heterocycles. The molecule has 34 heavy (non-hydrogen) atoms. The van der Waals surface area contributed by atoms with Crippen molar-refractivity contribution in [3.8, 4) is 11.5 Å². The van der Waals surface area contributed by atoms with Crippen LogP contribution >= 0.6 is 0 Å². The van der Waals surface area contributed by atoms with E-state index < -0.39 is 42.4 Å². The highest BCUT2D eigenvalue weighted by Crippen LogP contribution is 2.36. The summed E-state index contributed by atoms with van der Waals surface area (Å²) in [4.78, 5) is 40.5. The van der Waals surface area contributed by atoms with Crippen LogP contribution in [0, 0.1) is 40.5 Å². The molecule has 0 aliphatic rings. The molecule has 0 fully saturated rings. The molecule has 0 heterocycles. The Morgan fingerprint density at radius 1 is 0.529 bits per heavy atom. The summed E-state index contributed by atoms with van der Waals surface area (Å²) in [6.07, 6.45) is 0. The summed E-state index contributed by atoms with van der Waals surface area (Å²) in [5.41, 5.74) is -2.87. The highest BCUT2D eigenvalue weighted by Gasteiger charge is 2.30. The van der Waals surface area contributed by atoms with Crippen molar-refractivity contribution in [3.05, 3.63) is 76.9 Å². The number of ether oxygens (including phenoxy) is 4. The number of benzene rings is 2. The molecule has 0 aliphatic heterocycles. The highest BCUT2D eigenvalue weighted by molar-refractivity contribution is 5.62. The van der Waals surface area contributed by atoms with Gasteiger partial charge in [0.2, 0.25) is 11.5 Å². The third-order valence-electron chi connectivity index (χ3n) is 4.06. The molecule has 2 aromatic rings. The van der Waals surface area contributed by atoms with E-state index in [1.807, 2.05) is 0 Å². The van der Waals surface area contributed by atoms with Gasteiger partial charge in [0.1, 0.15) is 13.2 Å². The van der Waals surface area contributed by atoms with Crippen LogP contribution in [0.3, 0.4) is 0 Å². The SMILES string of the molecule is O=[N+]([O-])c1cccc(OCCOCCOCCOc2cccc([N+](=O)[O-])c2[N+](=O)[O-])c1[N+](=O)[O-]. The van der Waals surface area contributed by atoms with Crippen LogP contribution in [-0.2, 0) is 9.47 Å². The molecule has 0 saturated carbocycles. The van der Waals surface area contributed by atoms with E-state index in [0.29, 0.717) is 0 Å². The molecule has 2 rings (SSSR count). The minimum Gasteiger partial charge on any atom is -0.484 e. The van der Waals surface area contributed by atoms with Gasteiger partial charge in [-0.3, -0.25) is 40.5 Å². The number of nitro benzene ring substituents is 4. The Balaban J connectivity index is 1.68. The first-order chi connectivity index (χ1) is 16.2. The summed E-state index contributed by atoms with van der Waals surface area (Å²) < 4.78 is 20.9. The Kier molecular flexibility index (Phi) is 9.54. The van der Waals surface area contributed by atoms with Crippen molar-refractivity contribution in [2.24, 2.45) is 0 Å². The van der Waals surface area contributed by atoms with Gasteiger partial charge in [0, 0.05) is 12.1 Å². The largest absolute Gasteiger partial charge is 0.484 e. The monoisotopic (exact) mass is 482 g/mol. The lowest BCUT2D eigenvalue weighted by atomic mass is 10.2. The Labute approximate surface area is 190 Å². The predicted molar refractivity (Wildman–Crippen MR) is 112 cm³/mol. The van der Waals surface area contributed by atoms with E-state index in [1.54, 1.807) is 0 Å². The zero-order valence-corrected chi connectivity index (χ0v) is 17.4. The normalized spacial score (nSPS) is 10.5. The van der Waals surface area contributed by atoms with E-state index in [-0.39, 0.29) is 51.1 Å². The molecule has 0 unspecified atom stereocenters. The Morgan fingerprint density at radius 2 is 0.882 bits per heavy atom. The number of nitrogens with zero attached hydrogens (tertiary/aromatic N) is 4. The summed E-state index contributed by atoms with van der Waals surface area (Å²) in [7, 11) is 0. The average Bonchev–Trinajstić information content (AvgIpc) is 2.79. The number of hydrogen-bond donors (Lipinski definition) is 0. The highest BCUT2D eigenvalue weighted by atomic mass is 16.7. The molecule has 0 radical (unpaired) electrons. The van der Waals surface area contributed by atoms with Crippen LogP contribution in [-0.4, -0.2) is 59.3 Å². The fourth-order valence-electron chi connectivity index (χ4n) is 2.66. The van der Waals surface area contributed by atoms with Gasteiger partial charge in [-0.05, 0) is 12.1 Å². The van der Waals surface area contributed by atoms with E-state index in [4.69, 9.17) is 18.9 Å². The van der Waals surface area contributed by atoms with Crippen LogP contribution in [0.2, 0.25) is 0 Å². The molecule has 0 amide bonds. The van der Waals surface area contributed by atoms with E-state index in [2.05, 4.69) is 0 Å². The van der Waals surface area contributed by atoms with Gasteiger partial charge >= 0.3 is 22.7 Å². The van der Waals surface area contributed by atoms with Gasteiger partial charge in [-0.2, -0.15) is 0 Å². The van der Waals surface area contributed by atoms with E-state index in [1.165, 1.54) is 24.3 Å². The summed E-state index contributed by atoms with van der Waals surface area (Å²) in [6, 6.07) is 7.00. The number of nitro groups is 4. The molecule has 16 nitrogen and oxygen atoms in total. The second-order valence-electron chi connectivity index (χ2n) is 6.20.